The van der Waals surface area contributed by atoms with Gasteiger partial charge in [0.15, 0.2) is 0 Å². The molecule has 3 aliphatic carbocycles. The third-order valence-corrected chi connectivity index (χ3v) is 9.77. The quantitative estimate of drug-likeness (QED) is 0.425. The van der Waals surface area contributed by atoms with Gasteiger partial charge in [0.2, 0.25) is 0 Å². The fourth-order valence-corrected chi connectivity index (χ4v) is 7.80. The molecular formula is C26H46O2. The number of aliphatic carboxylic acids is 1. The van der Waals surface area contributed by atoms with Crippen molar-refractivity contribution in [3.63, 3.8) is 0 Å². The molecule has 0 heterocycles. The molecule has 2 nitrogen and oxygen atoms in total. The van der Waals surface area contributed by atoms with E-state index in [1.807, 2.05) is 0 Å². The Morgan fingerprint density at radius 3 is 1.96 bits per heavy atom. The topological polar surface area (TPSA) is 37.3 Å². The second kappa shape index (κ2) is 9.52. The molecule has 0 atom stereocenters. The van der Waals surface area contributed by atoms with Crippen LogP contribution in [0.3, 0.4) is 0 Å². The van der Waals surface area contributed by atoms with Gasteiger partial charge in [-0.2, -0.15) is 0 Å². The van der Waals surface area contributed by atoms with Crippen LogP contribution in [0.25, 0.3) is 0 Å². The summed E-state index contributed by atoms with van der Waals surface area (Å²) < 4.78 is 0. The smallest absolute Gasteiger partial charge is 0.310 e. The van der Waals surface area contributed by atoms with E-state index in [9.17, 15) is 9.90 Å². The zero-order chi connectivity index (χ0) is 20.1. The van der Waals surface area contributed by atoms with Crippen molar-refractivity contribution in [1.29, 1.82) is 0 Å². The number of unbranched alkanes of at least 4 members (excludes halogenated alkanes) is 2. The molecule has 162 valence electrons. The third-order valence-electron chi connectivity index (χ3n) is 9.77. The van der Waals surface area contributed by atoms with Gasteiger partial charge >= 0.3 is 5.97 Å². The largest absolute Gasteiger partial charge is 0.481 e. The first-order valence-electron chi connectivity index (χ1n) is 12.8. The third kappa shape index (κ3) is 4.04. The average molecular weight is 391 g/mol. The highest BCUT2D eigenvalue weighted by molar-refractivity contribution is 5.76. The Morgan fingerprint density at radius 2 is 1.43 bits per heavy atom. The molecule has 2 heteroatoms. The molecule has 0 radical (unpaired) electrons. The first-order chi connectivity index (χ1) is 13.5. The summed E-state index contributed by atoms with van der Waals surface area (Å²) in [6.45, 7) is 4.69. The summed E-state index contributed by atoms with van der Waals surface area (Å²) in [7, 11) is 0. The molecule has 0 amide bonds. The van der Waals surface area contributed by atoms with Crippen molar-refractivity contribution in [2.24, 2.45) is 22.2 Å². The van der Waals surface area contributed by atoms with Crippen LogP contribution in [-0.4, -0.2) is 11.1 Å². The maximum absolute atomic E-state index is 12.7. The fourth-order valence-electron chi connectivity index (χ4n) is 7.80. The molecule has 0 aliphatic heterocycles. The minimum Gasteiger partial charge on any atom is -0.481 e. The van der Waals surface area contributed by atoms with Gasteiger partial charge < -0.3 is 5.11 Å². The zero-order valence-corrected chi connectivity index (χ0v) is 18.9. The predicted molar refractivity (Wildman–Crippen MR) is 117 cm³/mol. The number of hydrogen-bond acceptors (Lipinski definition) is 1. The maximum atomic E-state index is 12.7. The molecule has 0 aromatic heterocycles. The zero-order valence-electron chi connectivity index (χ0n) is 18.9. The Balaban J connectivity index is 1.84. The number of carboxylic acids is 1. The summed E-state index contributed by atoms with van der Waals surface area (Å²) in [6, 6.07) is 0. The van der Waals surface area contributed by atoms with E-state index in [0.29, 0.717) is 5.41 Å². The van der Waals surface area contributed by atoms with Gasteiger partial charge in [0, 0.05) is 0 Å². The second-order valence-corrected chi connectivity index (χ2v) is 10.7. The van der Waals surface area contributed by atoms with Crippen LogP contribution >= 0.6 is 0 Å². The van der Waals surface area contributed by atoms with Gasteiger partial charge in [-0.05, 0) is 74.5 Å². The van der Waals surface area contributed by atoms with Crippen LogP contribution in [0.4, 0.5) is 0 Å². The molecule has 3 saturated carbocycles. The van der Waals surface area contributed by atoms with E-state index < -0.39 is 11.4 Å². The molecule has 0 aromatic carbocycles. The monoisotopic (exact) mass is 390 g/mol. The Bertz CT molecular complexity index is 489. The Hall–Kier alpha value is -0.530. The summed E-state index contributed by atoms with van der Waals surface area (Å²) in [4.78, 5) is 12.7. The van der Waals surface area contributed by atoms with Crippen LogP contribution in [0.15, 0.2) is 0 Å². The lowest BCUT2D eigenvalue weighted by Gasteiger charge is -2.57. The standard InChI is InChI=1S/C26H46O2/c1-3-5-10-15-25(26(23(27)28)16-11-7-12-17-26)20-18-24(4-2,19-21-25)22-13-8-6-9-14-22/h22H,3-21H2,1-2H3,(H,27,28). The highest BCUT2D eigenvalue weighted by Gasteiger charge is 2.58. The lowest BCUT2D eigenvalue weighted by atomic mass is 9.46. The first-order valence-corrected chi connectivity index (χ1v) is 12.8. The van der Waals surface area contributed by atoms with Gasteiger partial charge in [0.25, 0.3) is 0 Å². The van der Waals surface area contributed by atoms with Crippen molar-refractivity contribution in [2.75, 3.05) is 0 Å². The summed E-state index contributed by atoms with van der Waals surface area (Å²) in [5, 5.41) is 10.5. The minimum atomic E-state index is -0.453. The number of carbonyl (C=O) groups is 1. The number of hydrogen-bond donors (Lipinski definition) is 1. The average Bonchev–Trinajstić information content (AvgIpc) is 2.75. The van der Waals surface area contributed by atoms with E-state index in [1.165, 1.54) is 89.9 Å². The summed E-state index contributed by atoms with van der Waals surface area (Å²) >= 11 is 0. The van der Waals surface area contributed by atoms with E-state index in [4.69, 9.17) is 0 Å². The molecule has 3 aliphatic rings. The van der Waals surface area contributed by atoms with Crippen molar-refractivity contribution < 1.29 is 9.90 Å². The van der Waals surface area contributed by atoms with E-state index in [-0.39, 0.29) is 5.41 Å². The molecule has 0 saturated heterocycles. The molecule has 0 spiro atoms. The van der Waals surface area contributed by atoms with Crippen molar-refractivity contribution in [3.05, 3.63) is 0 Å². The second-order valence-electron chi connectivity index (χ2n) is 10.7. The number of rotatable bonds is 8. The predicted octanol–water partition coefficient (Wildman–Crippen LogP) is 8.14. The molecule has 3 fully saturated rings. The van der Waals surface area contributed by atoms with Gasteiger partial charge in [0.1, 0.15) is 0 Å². The molecular weight excluding hydrogens is 344 g/mol. The summed E-state index contributed by atoms with van der Waals surface area (Å²) in [5.74, 6) is 0.456. The summed E-state index contributed by atoms with van der Waals surface area (Å²) in [6.07, 6.45) is 23.7. The Labute approximate surface area is 174 Å². The van der Waals surface area contributed by atoms with Gasteiger partial charge in [-0.3, -0.25) is 4.79 Å². The lowest BCUT2D eigenvalue weighted by Crippen LogP contribution is -2.53. The van der Waals surface area contributed by atoms with Crippen molar-refractivity contribution in [1.82, 2.24) is 0 Å². The highest BCUT2D eigenvalue weighted by atomic mass is 16.4. The molecule has 0 aromatic rings. The highest BCUT2D eigenvalue weighted by Crippen LogP contribution is 2.64. The van der Waals surface area contributed by atoms with E-state index in [0.717, 1.165) is 38.0 Å². The Morgan fingerprint density at radius 1 is 0.821 bits per heavy atom. The van der Waals surface area contributed by atoms with Crippen LogP contribution in [0, 0.1) is 22.2 Å². The van der Waals surface area contributed by atoms with Gasteiger partial charge in [-0.25, -0.2) is 0 Å². The van der Waals surface area contributed by atoms with Crippen LogP contribution in [0.2, 0.25) is 0 Å². The summed E-state index contributed by atoms with van der Waals surface area (Å²) in [5.41, 5.74) is 0.163. The van der Waals surface area contributed by atoms with E-state index in [2.05, 4.69) is 13.8 Å². The van der Waals surface area contributed by atoms with Gasteiger partial charge in [-0.1, -0.05) is 78.1 Å². The van der Waals surface area contributed by atoms with Crippen LogP contribution < -0.4 is 0 Å². The maximum Gasteiger partial charge on any atom is 0.310 e. The SMILES string of the molecule is CCCCCC1(C2(C(=O)O)CCCCC2)CCC(CC)(C2CCCCC2)CC1. The van der Waals surface area contributed by atoms with Crippen molar-refractivity contribution in [3.8, 4) is 0 Å². The van der Waals surface area contributed by atoms with Gasteiger partial charge in [-0.15, -0.1) is 0 Å². The molecule has 0 unspecified atom stereocenters. The minimum absolute atomic E-state index is 0.0712. The van der Waals surface area contributed by atoms with E-state index >= 15 is 0 Å². The first kappa shape index (κ1) is 22.2. The molecule has 0 bridgehead atoms. The molecule has 28 heavy (non-hydrogen) atoms. The normalized spacial score (nSPS) is 34.2. The number of carboxylic acid groups (broad SMARTS) is 1. The van der Waals surface area contributed by atoms with Crippen LogP contribution in [0.1, 0.15) is 136 Å². The lowest BCUT2D eigenvalue weighted by molar-refractivity contribution is -0.171. The van der Waals surface area contributed by atoms with E-state index in [1.54, 1.807) is 0 Å². The van der Waals surface area contributed by atoms with Crippen molar-refractivity contribution in [2.45, 2.75) is 136 Å². The van der Waals surface area contributed by atoms with Gasteiger partial charge in [0.05, 0.1) is 5.41 Å². The molecule has 1 N–H and O–H groups in total. The molecule has 3 rings (SSSR count). The fraction of sp³-hybridized carbons (Fsp3) is 0.962. The van der Waals surface area contributed by atoms with Crippen LogP contribution in [-0.2, 0) is 4.79 Å². The van der Waals surface area contributed by atoms with Crippen molar-refractivity contribution >= 4 is 5.97 Å². The van der Waals surface area contributed by atoms with Crippen LogP contribution in [0.5, 0.6) is 0 Å². The Kier molecular flexibility index (Phi) is 7.54.